The third kappa shape index (κ3) is 43.5. The quantitative estimate of drug-likeness (QED) is 0.0149. The van der Waals surface area contributed by atoms with Crippen LogP contribution in [0.3, 0.4) is 0 Å². The number of carbonyl (C=O) groups is 2. The lowest BCUT2D eigenvalue weighted by atomic mass is 9.99. The van der Waals surface area contributed by atoms with E-state index in [9.17, 15) is 35.1 Å². The number of rotatable bonds is 55. The molecule has 1 rings (SSSR count). The lowest BCUT2D eigenvalue weighted by molar-refractivity contribution is -0.305. The lowest BCUT2D eigenvalue weighted by Crippen LogP contribution is -2.61. The minimum absolute atomic E-state index is 0.109. The zero-order valence-electron chi connectivity index (χ0n) is 50.7. The highest BCUT2D eigenvalue weighted by atomic mass is 16.7. The second kappa shape index (κ2) is 55.6. The highest BCUT2D eigenvalue weighted by molar-refractivity contribution is 5.80. The van der Waals surface area contributed by atoms with Gasteiger partial charge in [-0.25, -0.2) is 0 Å². The summed E-state index contributed by atoms with van der Waals surface area (Å²) in [4.78, 5) is 26.6. The van der Waals surface area contributed by atoms with Gasteiger partial charge in [0.05, 0.1) is 25.4 Å². The normalized spacial score (nSPS) is 19.3. The molecular weight excluding hydrogens is 991 g/mol. The van der Waals surface area contributed by atoms with Gasteiger partial charge in [0.25, 0.3) is 0 Å². The van der Waals surface area contributed by atoms with E-state index in [-0.39, 0.29) is 19.4 Å². The number of nitrogens with one attached hydrogen (secondary N) is 1. The van der Waals surface area contributed by atoms with Crippen LogP contribution in [0.1, 0.15) is 284 Å². The van der Waals surface area contributed by atoms with Crippen LogP contribution in [0.4, 0.5) is 0 Å². The molecular formula is C68H121NO10. The van der Waals surface area contributed by atoms with Crippen molar-refractivity contribution in [1.29, 1.82) is 0 Å². The van der Waals surface area contributed by atoms with Gasteiger partial charge in [-0.05, 0) is 77.0 Å². The zero-order chi connectivity index (χ0) is 57.5. The molecule has 8 unspecified atom stereocenters. The van der Waals surface area contributed by atoms with Gasteiger partial charge in [0.15, 0.2) is 12.4 Å². The predicted octanol–water partition coefficient (Wildman–Crippen LogP) is 16.0. The van der Waals surface area contributed by atoms with Crippen LogP contribution >= 0.6 is 0 Å². The van der Waals surface area contributed by atoms with E-state index < -0.39 is 67.4 Å². The molecule has 6 N–H and O–H groups in total. The molecule has 1 aliphatic heterocycles. The fourth-order valence-corrected chi connectivity index (χ4v) is 9.98. The maximum atomic E-state index is 13.4. The number of aliphatic hydroxyl groups is 5. The third-order valence-electron chi connectivity index (χ3n) is 15.2. The Morgan fingerprint density at radius 3 is 1.48 bits per heavy atom. The monoisotopic (exact) mass is 1110 g/mol. The van der Waals surface area contributed by atoms with Crippen molar-refractivity contribution in [3.05, 3.63) is 72.9 Å². The number of esters is 1. The van der Waals surface area contributed by atoms with Crippen LogP contribution in [-0.2, 0) is 23.8 Å². The van der Waals surface area contributed by atoms with Gasteiger partial charge in [-0.1, -0.05) is 273 Å². The van der Waals surface area contributed by atoms with Crippen LogP contribution in [0.25, 0.3) is 0 Å². The van der Waals surface area contributed by atoms with E-state index >= 15 is 0 Å². The molecule has 0 bridgehead atoms. The summed E-state index contributed by atoms with van der Waals surface area (Å²) >= 11 is 0. The van der Waals surface area contributed by atoms with Gasteiger partial charge in [-0.2, -0.15) is 0 Å². The highest BCUT2D eigenvalue weighted by Crippen LogP contribution is 2.26. The molecule has 0 aliphatic carbocycles. The first-order valence-electron chi connectivity index (χ1n) is 32.7. The molecule has 1 aliphatic rings. The van der Waals surface area contributed by atoms with Gasteiger partial charge >= 0.3 is 5.97 Å². The topological polar surface area (TPSA) is 175 Å². The Morgan fingerprint density at radius 2 is 0.962 bits per heavy atom. The fraction of sp³-hybridized carbons (Fsp3) is 0.794. The second-order valence-corrected chi connectivity index (χ2v) is 22.5. The van der Waals surface area contributed by atoms with Crippen LogP contribution in [0.2, 0.25) is 0 Å². The smallest absolute Gasteiger partial charge is 0.306 e. The molecule has 0 radical (unpaired) electrons. The largest absolute Gasteiger partial charge is 0.454 e. The van der Waals surface area contributed by atoms with Gasteiger partial charge in [0.1, 0.15) is 24.4 Å². The summed E-state index contributed by atoms with van der Waals surface area (Å²) < 4.78 is 17.6. The standard InChI is InChI=1S/C68H121NO10/c1-4-7-10-13-16-19-22-24-26-27-28-29-30-31-32-33-34-36-37-40-43-46-49-52-55-61(72)67(76)69-59(60(71)54-51-48-45-42-39-21-18-15-12-9-6-3)58-77-68-66(65(75)64(74)62(57-70)78-68)79-63(73)56-53-50-47-44-41-38-35-25-23-20-17-14-11-8-5-2/h8,11,14,16-17,19-20,23-24,26,51,54,59-62,64-66,68,70-72,74-75H,4-7,9-10,12-13,15,18,21-22,25,27-50,52-53,55-58H2,1-3H3,(H,69,76)/b11-8+,17-14+,19-16-,23-20+,26-24-,54-51+. The molecule has 1 fully saturated rings. The molecule has 0 aromatic heterocycles. The Hall–Kier alpha value is -2.90. The molecule has 11 nitrogen and oxygen atoms in total. The van der Waals surface area contributed by atoms with Crippen molar-refractivity contribution in [2.75, 3.05) is 13.2 Å². The van der Waals surface area contributed by atoms with Crippen molar-refractivity contribution < 1.29 is 49.3 Å². The number of allylic oxidation sites excluding steroid dienone is 11. The number of aliphatic hydroxyl groups excluding tert-OH is 5. The molecule has 0 saturated carbocycles. The Kier molecular flexibility index (Phi) is 52.2. The maximum Gasteiger partial charge on any atom is 0.306 e. The molecule has 11 heteroatoms. The zero-order valence-corrected chi connectivity index (χ0v) is 50.7. The van der Waals surface area contributed by atoms with Crippen molar-refractivity contribution in [3.8, 4) is 0 Å². The molecule has 1 heterocycles. The van der Waals surface area contributed by atoms with Crippen molar-refractivity contribution in [2.45, 2.75) is 333 Å². The van der Waals surface area contributed by atoms with E-state index in [1.54, 1.807) is 6.08 Å². The number of amides is 1. The average Bonchev–Trinajstić information content (AvgIpc) is 3.47. The van der Waals surface area contributed by atoms with Crippen LogP contribution in [0.5, 0.6) is 0 Å². The van der Waals surface area contributed by atoms with Crippen LogP contribution in [0.15, 0.2) is 72.9 Å². The number of hydrogen-bond donors (Lipinski definition) is 6. The van der Waals surface area contributed by atoms with Gasteiger partial charge in [0, 0.05) is 6.42 Å². The maximum absolute atomic E-state index is 13.4. The lowest BCUT2D eigenvalue weighted by Gasteiger charge is -2.41. The summed E-state index contributed by atoms with van der Waals surface area (Å²) in [6.07, 6.45) is 60.9. The van der Waals surface area contributed by atoms with E-state index in [0.717, 1.165) is 96.3 Å². The molecule has 458 valence electrons. The predicted molar refractivity (Wildman–Crippen MR) is 329 cm³/mol. The minimum Gasteiger partial charge on any atom is -0.454 e. The SMILES string of the molecule is CC/C=C/C=C/C=C/CCCCCCCCCC(=O)OC1C(OCC(NC(=O)C(O)CCCCCCCCCCCCCCCC/C=C\C/C=C\CCCCC)C(O)/C=C/CCCCCCCCCCC)OC(CO)C(O)C1O. The first-order valence-corrected chi connectivity index (χ1v) is 32.7. The summed E-state index contributed by atoms with van der Waals surface area (Å²) in [6, 6.07) is -1.03. The summed E-state index contributed by atoms with van der Waals surface area (Å²) in [5.74, 6) is -1.20. The molecule has 0 spiro atoms. The Morgan fingerprint density at radius 1 is 0.519 bits per heavy atom. The number of ether oxygens (including phenoxy) is 3. The summed E-state index contributed by atoms with van der Waals surface area (Å²) in [7, 11) is 0. The van der Waals surface area contributed by atoms with Gasteiger partial charge in [-0.3, -0.25) is 9.59 Å². The van der Waals surface area contributed by atoms with Crippen molar-refractivity contribution >= 4 is 11.9 Å². The van der Waals surface area contributed by atoms with E-state index in [4.69, 9.17) is 14.2 Å². The fourth-order valence-electron chi connectivity index (χ4n) is 9.98. The summed E-state index contributed by atoms with van der Waals surface area (Å²) in [6.45, 7) is 5.63. The Labute approximate surface area is 483 Å². The first-order chi connectivity index (χ1) is 38.7. The summed E-state index contributed by atoms with van der Waals surface area (Å²) in [5.41, 5.74) is 0. The number of carbonyl (C=O) groups excluding carboxylic acids is 2. The van der Waals surface area contributed by atoms with Gasteiger partial charge in [-0.15, -0.1) is 0 Å². The van der Waals surface area contributed by atoms with Crippen molar-refractivity contribution in [3.63, 3.8) is 0 Å². The van der Waals surface area contributed by atoms with Crippen molar-refractivity contribution in [2.24, 2.45) is 0 Å². The molecule has 79 heavy (non-hydrogen) atoms. The third-order valence-corrected chi connectivity index (χ3v) is 15.2. The minimum atomic E-state index is -1.62. The Bertz CT molecular complexity index is 1560. The van der Waals surface area contributed by atoms with E-state index in [1.165, 1.54) is 141 Å². The highest BCUT2D eigenvalue weighted by Gasteiger charge is 2.47. The molecule has 1 saturated heterocycles. The van der Waals surface area contributed by atoms with Crippen LogP contribution in [0, 0.1) is 0 Å². The molecule has 0 aromatic carbocycles. The summed E-state index contributed by atoms with van der Waals surface area (Å²) in [5, 5.41) is 57.0. The first kappa shape index (κ1) is 74.1. The molecule has 0 aromatic rings. The molecule has 8 atom stereocenters. The van der Waals surface area contributed by atoms with Crippen molar-refractivity contribution in [1.82, 2.24) is 5.32 Å². The van der Waals surface area contributed by atoms with Gasteiger partial charge < -0.3 is 45.1 Å². The molecule has 1 amide bonds. The average molecular weight is 1110 g/mol. The van der Waals surface area contributed by atoms with E-state index in [1.807, 2.05) is 12.2 Å². The number of hydrogen-bond acceptors (Lipinski definition) is 10. The number of unbranched alkanes of at least 4 members (excludes halogenated alkanes) is 33. The van der Waals surface area contributed by atoms with E-state index in [0.29, 0.717) is 12.8 Å². The second-order valence-electron chi connectivity index (χ2n) is 22.5. The van der Waals surface area contributed by atoms with E-state index in [2.05, 4.69) is 80.8 Å². The van der Waals surface area contributed by atoms with Gasteiger partial charge in [0.2, 0.25) is 5.91 Å². The van der Waals surface area contributed by atoms with Crippen LogP contribution < -0.4 is 5.32 Å². The Balaban J connectivity index is 2.59. The van der Waals surface area contributed by atoms with Crippen LogP contribution in [-0.4, -0.2) is 99.6 Å².